The highest BCUT2D eigenvalue weighted by Crippen LogP contribution is 2.45. The van der Waals surface area contributed by atoms with Crippen LogP contribution in [0.5, 0.6) is 0 Å². The van der Waals surface area contributed by atoms with Crippen LogP contribution in [0.3, 0.4) is 0 Å². The zero-order valence-electron chi connectivity index (χ0n) is 61.3. The van der Waals surface area contributed by atoms with Gasteiger partial charge in [-0.1, -0.05) is 295 Å². The molecule has 0 bridgehead atoms. The smallest absolute Gasteiger partial charge is 0.462 e. The zero-order valence-corrected chi connectivity index (χ0v) is 63.1. The minimum Gasteiger partial charge on any atom is -0.462 e. The Morgan fingerprint density at radius 3 is 0.812 bits per heavy atom. The Morgan fingerprint density at radius 2 is 0.510 bits per heavy atom. The van der Waals surface area contributed by atoms with E-state index in [1.807, 2.05) is 0 Å². The van der Waals surface area contributed by atoms with Gasteiger partial charge in [0.1, 0.15) is 19.3 Å². The maximum absolute atomic E-state index is 13.1. The minimum absolute atomic E-state index is 0.0986. The van der Waals surface area contributed by atoms with E-state index >= 15 is 0 Å². The number of unbranched alkanes of at least 4 members (excludes halogenated alkanes) is 40. The van der Waals surface area contributed by atoms with Crippen LogP contribution in [-0.2, 0) is 65.4 Å². The van der Waals surface area contributed by atoms with Crippen LogP contribution >= 0.6 is 15.6 Å². The van der Waals surface area contributed by atoms with Crippen molar-refractivity contribution in [3.63, 3.8) is 0 Å². The summed E-state index contributed by atoms with van der Waals surface area (Å²) in [5.41, 5.74) is 0. The van der Waals surface area contributed by atoms with Crippen molar-refractivity contribution in [3.8, 4) is 0 Å². The van der Waals surface area contributed by atoms with Crippen molar-refractivity contribution in [3.05, 3.63) is 48.6 Å². The van der Waals surface area contributed by atoms with E-state index in [4.69, 9.17) is 37.0 Å². The first-order chi connectivity index (χ1) is 46.7. The van der Waals surface area contributed by atoms with Crippen molar-refractivity contribution < 1.29 is 80.2 Å². The fourth-order valence-electron chi connectivity index (χ4n) is 10.8. The Morgan fingerprint density at radius 1 is 0.292 bits per heavy atom. The SMILES string of the molecule is CCCCC/C=C\C/C=C\C/C=C\CCCCCCCCC(=O)OCC(COP(=O)(O)OCC(O)COP(=O)(O)OCC(COC(=O)CCCCCCC/C=C\CCCCCCCC)OC(=O)CCCCCCCCCCCCC)OC(=O)CCCCCCCCCCCCC. The molecule has 0 aliphatic carbocycles. The maximum atomic E-state index is 13.1. The Hall–Kier alpha value is -2.98. The van der Waals surface area contributed by atoms with Crippen LogP contribution in [0.2, 0.25) is 0 Å². The number of allylic oxidation sites excluding steroid dienone is 8. The van der Waals surface area contributed by atoms with E-state index < -0.39 is 97.5 Å². The molecule has 0 rings (SSSR count). The third kappa shape index (κ3) is 69.5. The third-order valence-electron chi connectivity index (χ3n) is 16.8. The van der Waals surface area contributed by atoms with E-state index in [1.165, 1.54) is 135 Å². The standard InChI is InChI=1S/C77H142O17P2/c1-5-9-13-17-21-25-29-31-33-34-35-36-38-40-44-46-50-54-58-62-75(80)88-68-73(94-77(82)64-60-56-52-48-42-28-24-20-16-12-8-4)70-92-96(85,86)90-66-71(78)65-89-95(83,84)91-69-72(93-76(81)63-59-55-51-47-41-27-23-19-15-11-7-3)67-87-74(79)61-57-53-49-45-43-39-37-32-30-26-22-18-14-10-6-2/h21,25,31-33,35-37,71-73,78H,5-20,22-24,26-30,34,38-70H2,1-4H3,(H,83,84)(H,85,86)/b25-21-,33-31-,36-35-,37-32-. The van der Waals surface area contributed by atoms with Gasteiger partial charge in [-0.25, -0.2) is 9.13 Å². The van der Waals surface area contributed by atoms with Gasteiger partial charge in [-0.05, 0) is 89.9 Å². The van der Waals surface area contributed by atoms with E-state index in [0.717, 1.165) is 148 Å². The number of carbonyl (C=O) groups excluding carboxylic acids is 4. The summed E-state index contributed by atoms with van der Waals surface area (Å²) in [4.78, 5) is 72.8. The summed E-state index contributed by atoms with van der Waals surface area (Å²) in [6, 6.07) is 0. The van der Waals surface area contributed by atoms with Crippen molar-refractivity contribution in [2.45, 2.75) is 380 Å². The van der Waals surface area contributed by atoms with Crippen molar-refractivity contribution >= 4 is 39.5 Å². The molecule has 0 aliphatic heterocycles. The van der Waals surface area contributed by atoms with E-state index in [0.29, 0.717) is 25.7 Å². The van der Waals surface area contributed by atoms with E-state index in [1.54, 1.807) is 0 Å². The summed E-state index contributed by atoms with van der Waals surface area (Å²) < 4.78 is 68.4. The molecule has 5 unspecified atom stereocenters. The maximum Gasteiger partial charge on any atom is 0.472 e. The van der Waals surface area contributed by atoms with Gasteiger partial charge in [-0.2, -0.15) is 0 Å². The summed E-state index contributed by atoms with van der Waals surface area (Å²) in [6.45, 7) is 4.87. The number of hydrogen-bond acceptors (Lipinski definition) is 15. The van der Waals surface area contributed by atoms with Gasteiger partial charge in [0.15, 0.2) is 12.2 Å². The summed E-state index contributed by atoms with van der Waals surface area (Å²) in [6.07, 6.45) is 66.7. The number of esters is 4. The lowest BCUT2D eigenvalue weighted by atomic mass is 10.1. The summed E-state index contributed by atoms with van der Waals surface area (Å²) in [5.74, 6) is -2.16. The lowest BCUT2D eigenvalue weighted by Crippen LogP contribution is -2.30. The molecule has 0 radical (unpaired) electrons. The van der Waals surface area contributed by atoms with Gasteiger partial charge in [0.25, 0.3) is 0 Å². The van der Waals surface area contributed by atoms with Crippen molar-refractivity contribution in [1.82, 2.24) is 0 Å². The lowest BCUT2D eigenvalue weighted by Gasteiger charge is -2.21. The number of aliphatic hydroxyl groups excluding tert-OH is 1. The largest absolute Gasteiger partial charge is 0.472 e. The first-order valence-electron chi connectivity index (χ1n) is 38.9. The van der Waals surface area contributed by atoms with E-state index in [-0.39, 0.29) is 25.7 Å². The molecule has 19 heteroatoms. The van der Waals surface area contributed by atoms with Gasteiger partial charge >= 0.3 is 39.5 Å². The van der Waals surface area contributed by atoms with E-state index in [2.05, 4.69) is 76.3 Å². The van der Waals surface area contributed by atoms with E-state index in [9.17, 15) is 43.2 Å². The number of ether oxygens (including phenoxy) is 4. The molecule has 0 saturated heterocycles. The molecule has 562 valence electrons. The summed E-state index contributed by atoms with van der Waals surface area (Å²) in [5, 5.41) is 10.6. The molecule has 0 aliphatic rings. The first kappa shape index (κ1) is 93.0. The van der Waals surface area contributed by atoms with Gasteiger partial charge in [0, 0.05) is 25.7 Å². The molecule has 0 aromatic carbocycles. The van der Waals surface area contributed by atoms with Crippen molar-refractivity contribution in [1.29, 1.82) is 0 Å². The third-order valence-corrected chi connectivity index (χ3v) is 18.7. The van der Waals surface area contributed by atoms with Crippen LogP contribution in [0.4, 0.5) is 0 Å². The highest BCUT2D eigenvalue weighted by atomic mass is 31.2. The predicted molar refractivity (Wildman–Crippen MR) is 390 cm³/mol. The molecule has 96 heavy (non-hydrogen) atoms. The van der Waals surface area contributed by atoms with Gasteiger partial charge < -0.3 is 33.8 Å². The van der Waals surface area contributed by atoms with Gasteiger partial charge in [-0.3, -0.25) is 37.3 Å². The average molecular weight is 1400 g/mol. The quantitative estimate of drug-likeness (QED) is 0.0169. The molecule has 0 aromatic rings. The van der Waals surface area contributed by atoms with Crippen molar-refractivity contribution in [2.24, 2.45) is 0 Å². The van der Waals surface area contributed by atoms with Crippen LogP contribution < -0.4 is 0 Å². The Balaban J connectivity index is 5.25. The highest BCUT2D eigenvalue weighted by Gasteiger charge is 2.30. The van der Waals surface area contributed by atoms with Crippen LogP contribution in [0.15, 0.2) is 48.6 Å². The van der Waals surface area contributed by atoms with Crippen LogP contribution in [0, 0.1) is 0 Å². The van der Waals surface area contributed by atoms with Crippen LogP contribution in [0.25, 0.3) is 0 Å². The Bertz CT molecular complexity index is 2010. The molecule has 0 spiro atoms. The number of aliphatic hydroxyl groups is 1. The normalized spacial score (nSPS) is 14.2. The number of hydrogen-bond donors (Lipinski definition) is 3. The molecule has 0 saturated carbocycles. The zero-order chi connectivity index (χ0) is 70.4. The number of carbonyl (C=O) groups is 4. The number of rotatable bonds is 74. The molecule has 5 atom stereocenters. The molecule has 3 N–H and O–H groups in total. The second kappa shape index (κ2) is 70.5. The molecular weight excluding hydrogens is 1260 g/mol. The molecule has 17 nitrogen and oxygen atoms in total. The number of phosphoric acid groups is 2. The molecule has 0 amide bonds. The van der Waals surface area contributed by atoms with Crippen LogP contribution in [0.1, 0.15) is 362 Å². The summed E-state index contributed by atoms with van der Waals surface area (Å²) in [7, 11) is -9.93. The molecule has 0 heterocycles. The first-order valence-corrected chi connectivity index (χ1v) is 41.9. The molecule has 0 fully saturated rings. The monoisotopic (exact) mass is 1400 g/mol. The average Bonchev–Trinajstić information content (AvgIpc) is 1.15. The predicted octanol–water partition coefficient (Wildman–Crippen LogP) is 22.1. The van der Waals surface area contributed by atoms with Gasteiger partial charge in [-0.15, -0.1) is 0 Å². The fourth-order valence-corrected chi connectivity index (χ4v) is 12.4. The van der Waals surface area contributed by atoms with Crippen LogP contribution in [-0.4, -0.2) is 96.7 Å². The second-order valence-electron chi connectivity index (χ2n) is 26.3. The van der Waals surface area contributed by atoms with Gasteiger partial charge in [0.05, 0.1) is 26.4 Å². The molecular formula is C77H142O17P2. The van der Waals surface area contributed by atoms with Gasteiger partial charge in [0.2, 0.25) is 0 Å². The lowest BCUT2D eigenvalue weighted by molar-refractivity contribution is -0.161. The topological polar surface area (TPSA) is 237 Å². The Kier molecular flexibility index (Phi) is 68.3. The second-order valence-corrected chi connectivity index (χ2v) is 29.2. The number of phosphoric ester groups is 2. The highest BCUT2D eigenvalue weighted by molar-refractivity contribution is 7.47. The molecule has 0 aromatic heterocycles. The minimum atomic E-state index is -4.96. The summed E-state index contributed by atoms with van der Waals surface area (Å²) >= 11 is 0. The van der Waals surface area contributed by atoms with Crippen molar-refractivity contribution in [2.75, 3.05) is 39.6 Å². The fraction of sp³-hybridized carbons (Fsp3) is 0.844. The Labute approximate surface area is 585 Å².